The Morgan fingerprint density at radius 3 is 2.84 bits per heavy atom. The van der Waals surface area contributed by atoms with E-state index < -0.39 is 5.97 Å². The summed E-state index contributed by atoms with van der Waals surface area (Å²) in [5.74, 6) is 0.0632. The third-order valence-electron chi connectivity index (χ3n) is 2.63. The maximum absolute atomic E-state index is 10.9. The second-order valence-corrected chi connectivity index (χ2v) is 3.83. The summed E-state index contributed by atoms with van der Waals surface area (Å²) in [6.07, 6.45) is 2.72. The number of ether oxygens (including phenoxy) is 1. The van der Waals surface area contributed by atoms with Crippen molar-refractivity contribution in [2.24, 2.45) is 0 Å². The lowest BCUT2D eigenvalue weighted by atomic mass is 10.3. The van der Waals surface area contributed by atoms with Crippen LogP contribution in [0.25, 0.3) is 0 Å². The Labute approximate surface area is 110 Å². The first-order valence-electron chi connectivity index (χ1n) is 5.55. The van der Waals surface area contributed by atoms with Crippen LogP contribution in [0.4, 0.5) is 11.5 Å². The average Bonchev–Trinajstić information content (AvgIpc) is 2.46. The van der Waals surface area contributed by atoms with Crippen molar-refractivity contribution in [3.63, 3.8) is 0 Å². The number of methoxy groups -OCH3 is 1. The minimum Gasteiger partial charge on any atom is -0.497 e. The number of nitrogens with zero attached hydrogens (tertiary/aromatic N) is 3. The van der Waals surface area contributed by atoms with Gasteiger partial charge in [0.2, 0.25) is 0 Å². The van der Waals surface area contributed by atoms with Crippen LogP contribution < -0.4 is 9.64 Å². The molecule has 0 aliphatic heterocycles. The Bertz CT molecular complexity index is 601. The quantitative estimate of drug-likeness (QED) is 0.904. The minimum atomic E-state index is -1.10. The van der Waals surface area contributed by atoms with Gasteiger partial charge in [0.25, 0.3) is 0 Å². The van der Waals surface area contributed by atoms with Gasteiger partial charge in [-0.2, -0.15) is 0 Å². The molecule has 0 aliphatic carbocycles. The highest BCUT2D eigenvalue weighted by atomic mass is 16.5. The molecule has 19 heavy (non-hydrogen) atoms. The molecule has 0 saturated carbocycles. The van der Waals surface area contributed by atoms with Gasteiger partial charge in [-0.25, -0.2) is 9.78 Å². The Balaban J connectivity index is 2.35. The summed E-state index contributed by atoms with van der Waals surface area (Å²) in [5.41, 5.74) is 0.739. The van der Waals surface area contributed by atoms with E-state index in [-0.39, 0.29) is 5.69 Å². The van der Waals surface area contributed by atoms with E-state index in [0.717, 1.165) is 5.69 Å². The molecular formula is C13H13N3O3. The van der Waals surface area contributed by atoms with Crippen LogP contribution in [0.1, 0.15) is 10.5 Å². The van der Waals surface area contributed by atoms with Crippen molar-refractivity contribution in [2.45, 2.75) is 0 Å². The molecule has 0 aliphatic rings. The van der Waals surface area contributed by atoms with Gasteiger partial charge in [0.15, 0.2) is 11.5 Å². The van der Waals surface area contributed by atoms with Gasteiger partial charge in [-0.15, -0.1) is 0 Å². The zero-order valence-corrected chi connectivity index (χ0v) is 10.6. The topological polar surface area (TPSA) is 75.5 Å². The van der Waals surface area contributed by atoms with Gasteiger partial charge in [-0.1, -0.05) is 6.07 Å². The van der Waals surface area contributed by atoms with E-state index in [1.807, 2.05) is 24.3 Å². The fourth-order valence-corrected chi connectivity index (χ4v) is 1.57. The number of aromatic nitrogens is 2. The largest absolute Gasteiger partial charge is 0.497 e. The third-order valence-corrected chi connectivity index (χ3v) is 2.63. The number of benzene rings is 1. The highest BCUT2D eigenvalue weighted by Gasteiger charge is 2.11. The van der Waals surface area contributed by atoms with Gasteiger partial charge >= 0.3 is 5.97 Å². The first kappa shape index (κ1) is 12.8. The van der Waals surface area contributed by atoms with Crippen LogP contribution >= 0.6 is 0 Å². The molecule has 0 spiro atoms. The number of aromatic carboxylic acids is 1. The van der Waals surface area contributed by atoms with Crippen molar-refractivity contribution in [2.75, 3.05) is 19.1 Å². The van der Waals surface area contributed by atoms with E-state index in [1.165, 1.54) is 12.4 Å². The van der Waals surface area contributed by atoms with Gasteiger partial charge in [0.05, 0.1) is 19.5 Å². The number of hydrogen-bond donors (Lipinski definition) is 1. The first-order valence-corrected chi connectivity index (χ1v) is 5.55. The molecule has 0 unspecified atom stereocenters. The molecule has 98 valence electrons. The Morgan fingerprint density at radius 1 is 1.37 bits per heavy atom. The van der Waals surface area contributed by atoms with Crippen molar-refractivity contribution in [1.82, 2.24) is 9.97 Å². The van der Waals surface area contributed by atoms with Gasteiger partial charge < -0.3 is 14.7 Å². The fraction of sp³-hybridized carbons (Fsp3) is 0.154. The minimum absolute atomic E-state index is 0.0905. The summed E-state index contributed by atoms with van der Waals surface area (Å²) in [4.78, 5) is 20.5. The molecule has 6 nitrogen and oxygen atoms in total. The summed E-state index contributed by atoms with van der Waals surface area (Å²) in [7, 11) is 3.37. The van der Waals surface area contributed by atoms with Gasteiger partial charge in [-0.05, 0) is 12.1 Å². The van der Waals surface area contributed by atoms with Crippen LogP contribution in [0.5, 0.6) is 5.75 Å². The van der Waals surface area contributed by atoms with Crippen molar-refractivity contribution in [3.05, 3.63) is 42.4 Å². The number of rotatable bonds is 4. The lowest BCUT2D eigenvalue weighted by Crippen LogP contribution is -2.13. The second-order valence-electron chi connectivity index (χ2n) is 3.83. The molecule has 2 rings (SSSR count). The van der Waals surface area contributed by atoms with E-state index in [2.05, 4.69) is 9.97 Å². The number of carbonyl (C=O) groups is 1. The van der Waals surface area contributed by atoms with E-state index in [1.54, 1.807) is 19.1 Å². The molecule has 6 heteroatoms. The number of anilines is 2. The second kappa shape index (κ2) is 5.34. The average molecular weight is 259 g/mol. The molecule has 1 aromatic heterocycles. The van der Waals surface area contributed by atoms with Crippen LogP contribution in [-0.4, -0.2) is 35.2 Å². The van der Waals surface area contributed by atoms with Crippen molar-refractivity contribution in [3.8, 4) is 5.75 Å². The highest BCUT2D eigenvalue weighted by Crippen LogP contribution is 2.24. The molecule has 2 aromatic rings. The molecule has 1 heterocycles. The lowest BCUT2D eigenvalue weighted by molar-refractivity contribution is 0.0690. The van der Waals surface area contributed by atoms with Gasteiger partial charge in [-0.3, -0.25) is 4.98 Å². The van der Waals surface area contributed by atoms with E-state index in [9.17, 15) is 4.79 Å². The van der Waals surface area contributed by atoms with Gasteiger partial charge in [0, 0.05) is 18.8 Å². The molecule has 1 aromatic carbocycles. The standard InChI is InChI=1S/C13H13N3O3/c1-16(9-4-3-5-10(6-9)19-2)12-8-14-7-11(15-12)13(17)18/h3-8H,1-2H3,(H,17,18). The maximum Gasteiger partial charge on any atom is 0.356 e. The molecule has 1 N–H and O–H groups in total. The Morgan fingerprint density at radius 2 is 2.16 bits per heavy atom. The summed E-state index contributed by atoms with van der Waals surface area (Å²) >= 11 is 0. The van der Waals surface area contributed by atoms with Crippen molar-refractivity contribution in [1.29, 1.82) is 0 Å². The lowest BCUT2D eigenvalue weighted by Gasteiger charge is -2.18. The van der Waals surface area contributed by atoms with Gasteiger partial charge in [0.1, 0.15) is 5.75 Å². The zero-order chi connectivity index (χ0) is 13.8. The molecule has 0 atom stereocenters. The van der Waals surface area contributed by atoms with Crippen LogP contribution in [0.15, 0.2) is 36.7 Å². The molecular weight excluding hydrogens is 246 g/mol. The summed E-state index contributed by atoms with van der Waals surface area (Å²) in [6, 6.07) is 7.38. The van der Waals surface area contributed by atoms with Crippen molar-refractivity contribution < 1.29 is 14.6 Å². The van der Waals surface area contributed by atoms with Crippen LogP contribution in [0.2, 0.25) is 0 Å². The maximum atomic E-state index is 10.9. The highest BCUT2D eigenvalue weighted by molar-refractivity contribution is 5.85. The number of carboxylic acids is 1. The number of hydrogen-bond acceptors (Lipinski definition) is 5. The molecule has 0 amide bonds. The SMILES string of the molecule is COc1cccc(N(C)c2cncc(C(=O)O)n2)c1. The predicted octanol–water partition coefficient (Wildman–Crippen LogP) is 1.95. The normalized spacial score (nSPS) is 10.0. The molecule has 0 saturated heterocycles. The number of carboxylic acid groups (broad SMARTS) is 1. The third kappa shape index (κ3) is 2.79. The smallest absolute Gasteiger partial charge is 0.356 e. The van der Waals surface area contributed by atoms with E-state index >= 15 is 0 Å². The van der Waals surface area contributed by atoms with E-state index in [0.29, 0.717) is 11.6 Å². The van der Waals surface area contributed by atoms with Crippen LogP contribution in [0, 0.1) is 0 Å². The molecule has 0 radical (unpaired) electrons. The first-order chi connectivity index (χ1) is 9.11. The summed E-state index contributed by atoms with van der Waals surface area (Å²) in [6.45, 7) is 0. The van der Waals surface area contributed by atoms with Crippen LogP contribution in [-0.2, 0) is 0 Å². The molecule has 0 fully saturated rings. The summed E-state index contributed by atoms with van der Waals surface area (Å²) < 4.78 is 5.15. The zero-order valence-electron chi connectivity index (χ0n) is 10.6. The Hall–Kier alpha value is -2.63. The van der Waals surface area contributed by atoms with Crippen molar-refractivity contribution >= 4 is 17.5 Å². The molecule has 0 bridgehead atoms. The summed E-state index contributed by atoms with van der Waals surface area (Å²) in [5, 5.41) is 8.90. The Kier molecular flexibility index (Phi) is 3.61. The monoisotopic (exact) mass is 259 g/mol. The van der Waals surface area contributed by atoms with E-state index in [4.69, 9.17) is 9.84 Å². The fourth-order valence-electron chi connectivity index (χ4n) is 1.57. The van der Waals surface area contributed by atoms with Crippen LogP contribution in [0.3, 0.4) is 0 Å². The predicted molar refractivity (Wildman–Crippen MR) is 70.0 cm³/mol.